The van der Waals surface area contributed by atoms with Crippen molar-refractivity contribution in [3.63, 3.8) is 0 Å². The van der Waals surface area contributed by atoms with Crippen LogP contribution in [-0.4, -0.2) is 21.1 Å². The van der Waals surface area contributed by atoms with Gasteiger partial charge >= 0.3 is 5.97 Å². The van der Waals surface area contributed by atoms with E-state index in [0.29, 0.717) is 27.9 Å². The summed E-state index contributed by atoms with van der Waals surface area (Å²) in [7, 11) is 0. The molecule has 0 aliphatic rings. The molecule has 3 aromatic rings. The van der Waals surface area contributed by atoms with Gasteiger partial charge in [0, 0.05) is 5.92 Å². The summed E-state index contributed by atoms with van der Waals surface area (Å²) >= 11 is 0. The summed E-state index contributed by atoms with van der Waals surface area (Å²) in [4.78, 5) is 31.7. The van der Waals surface area contributed by atoms with Crippen LogP contribution in [0.2, 0.25) is 0 Å². The second-order valence-corrected chi connectivity index (χ2v) is 6.18. The molecule has 2 heterocycles. The van der Waals surface area contributed by atoms with Crippen LogP contribution < -0.4 is 5.56 Å². The normalized spacial score (nSPS) is 12.5. The Morgan fingerprint density at radius 1 is 1.24 bits per heavy atom. The van der Waals surface area contributed by atoms with Gasteiger partial charge in [0.2, 0.25) is 0 Å². The highest BCUT2D eigenvalue weighted by Gasteiger charge is 2.26. The lowest BCUT2D eigenvalue weighted by molar-refractivity contribution is 0.0316. The smallest absolute Gasteiger partial charge is 0.344 e. The Kier molecular flexibility index (Phi) is 4.39. The van der Waals surface area contributed by atoms with Crippen LogP contribution >= 0.6 is 0 Å². The third kappa shape index (κ3) is 3.17. The van der Waals surface area contributed by atoms with Crippen molar-refractivity contribution in [3.05, 3.63) is 57.5 Å². The van der Waals surface area contributed by atoms with Gasteiger partial charge in [-0.15, -0.1) is 0 Å². The molecule has 7 heteroatoms. The van der Waals surface area contributed by atoms with Gasteiger partial charge in [-0.3, -0.25) is 4.79 Å². The van der Waals surface area contributed by atoms with Crippen molar-refractivity contribution in [2.75, 3.05) is 0 Å². The third-order valence-corrected chi connectivity index (χ3v) is 3.92. The fourth-order valence-electron chi connectivity index (χ4n) is 2.60. The van der Waals surface area contributed by atoms with Crippen molar-refractivity contribution in [1.82, 2.24) is 15.1 Å². The predicted molar refractivity (Wildman–Crippen MR) is 91.5 cm³/mol. The number of aryl methyl sites for hydroxylation is 1. The lowest BCUT2D eigenvalue weighted by atomic mass is 10.1. The van der Waals surface area contributed by atoms with Gasteiger partial charge in [0.25, 0.3) is 5.56 Å². The zero-order valence-corrected chi connectivity index (χ0v) is 14.5. The van der Waals surface area contributed by atoms with Gasteiger partial charge in [0.15, 0.2) is 17.7 Å². The van der Waals surface area contributed by atoms with E-state index in [4.69, 9.17) is 9.26 Å². The first kappa shape index (κ1) is 16.9. The van der Waals surface area contributed by atoms with Gasteiger partial charge in [-0.05, 0) is 26.0 Å². The third-order valence-electron chi connectivity index (χ3n) is 3.92. The average molecular weight is 341 g/mol. The molecule has 0 amide bonds. The van der Waals surface area contributed by atoms with E-state index < -0.39 is 12.1 Å². The highest BCUT2D eigenvalue weighted by atomic mass is 16.5. The number of H-pyrrole nitrogens is 1. The van der Waals surface area contributed by atoms with E-state index >= 15 is 0 Å². The number of hydrogen-bond donors (Lipinski definition) is 1. The fourth-order valence-corrected chi connectivity index (χ4v) is 2.60. The monoisotopic (exact) mass is 341 g/mol. The maximum Gasteiger partial charge on any atom is 0.344 e. The molecule has 1 aromatic carbocycles. The van der Waals surface area contributed by atoms with Gasteiger partial charge in [0.05, 0.1) is 16.6 Å². The number of nitrogens with one attached hydrogen (secondary N) is 1. The van der Waals surface area contributed by atoms with Gasteiger partial charge < -0.3 is 14.2 Å². The quantitative estimate of drug-likeness (QED) is 0.731. The maximum absolute atomic E-state index is 12.5. The van der Waals surface area contributed by atoms with Crippen molar-refractivity contribution < 1.29 is 14.1 Å². The standard InChI is InChI=1S/C18H19N3O4/c1-9(2)15-14(10(3)21-25-15)18(23)24-11(4)16-19-13-8-6-5-7-12(13)17(22)20-16/h5-9,11H,1-4H3,(H,19,20,22)/t11-/m1/s1. The molecule has 1 N–H and O–H groups in total. The second-order valence-electron chi connectivity index (χ2n) is 6.18. The highest BCUT2D eigenvalue weighted by molar-refractivity contribution is 5.92. The molecule has 7 nitrogen and oxygen atoms in total. The summed E-state index contributed by atoms with van der Waals surface area (Å²) in [5.74, 6) is 0.218. The van der Waals surface area contributed by atoms with E-state index in [1.54, 1.807) is 38.1 Å². The summed E-state index contributed by atoms with van der Waals surface area (Å²) < 4.78 is 10.7. The lowest BCUT2D eigenvalue weighted by Gasteiger charge is -2.13. The van der Waals surface area contributed by atoms with Crippen LogP contribution in [0.1, 0.15) is 60.4 Å². The summed E-state index contributed by atoms with van der Waals surface area (Å²) in [5, 5.41) is 4.33. The topological polar surface area (TPSA) is 98.1 Å². The van der Waals surface area contributed by atoms with Crippen LogP contribution in [0.3, 0.4) is 0 Å². The first-order valence-electron chi connectivity index (χ1n) is 8.04. The van der Waals surface area contributed by atoms with E-state index in [1.165, 1.54) is 0 Å². The largest absolute Gasteiger partial charge is 0.451 e. The van der Waals surface area contributed by atoms with Crippen molar-refractivity contribution in [3.8, 4) is 0 Å². The Morgan fingerprint density at radius 2 is 1.96 bits per heavy atom. The summed E-state index contributed by atoms with van der Waals surface area (Å²) in [5.41, 5.74) is 1.08. The molecule has 0 fully saturated rings. The van der Waals surface area contributed by atoms with Gasteiger partial charge in [0.1, 0.15) is 5.56 Å². The maximum atomic E-state index is 12.5. The molecular formula is C18H19N3O4. The van der Waals surface area contributed by atoms with Crippen LogP contribution in [0.15, 0.2) is 33.6 Å². The van der Waals surface area contributed by atoms with Crippen molar-refractivity contribution in [2.45, 2.75) is 39.7 Å². The first-order chi connectivity index (χ1) is 11.9. The Hall–Kier alpha value is -2.96. The molecule has 3 rings (SSSR count). The number of hydrogen-bond acceptors (Lipinski definition) is 6. The minimum absolute atomic E-state index is 0.00217. The molecule has 1 atom stereocenters. The van der Waals surface area contributed by atoms with E-state index in [0.717, 1.165) is 0 Å². The molecule has 0 aliphatic carbocycles. The van der Waals surface area contributed by atoms with Crippen molar-refractivity contribution in [2.24, 2.45) is 0 Å². The number of carbonyl (C=O) groups excluding carboxylic acids is 1. The molecular weight excluding hydrogens is 322 g/mol. The number of esters is 1. The molecule has 0 aliphatic heterocycles. The predicted octanol–water partition coefficient (Wildman–Crippen LogP) is 3.26. The minimum atomic E-state index is -0.723. The molecule has 0 unspecified atom stereocenters. The number of fused-ring (bicyclic) bond motifs is 1. The molecule has 0 bridgehead atoms. The zero-order valence-electron chi connectivity index (χ0n) is 14.5. The Labute approximate surface area is 144 Å². The van der Waals surface area contributed by atoms with Gasteiger partial charge in [-0.1, -0.05) is 31.1 Å². The summed E-state index contributed by atoms with van der Waals surface area (Å²) in [6, 6.07) is 7.00. The van der Waals surface area contributed by atoms with E-state index in [2.05, 4.69) is 15.1 Å². The number of nitrogens with zero attached hydrogens (tertiary/aromatic N) is 2. The zero-order chi connectivity index (χ0) is 18.1. The molecule has 2 aromatic heterocycles. The van der Waals surface area contributed by atoms with E-state index in [-0.39, 0.29) is 17.3 Å². The molecule has 0 saturated carbocycles. The number of benzene rings is 1. The molecule has 25 heavy (non-hydrogen) atoms. The van der Waals surface area contributed by atoms with Crippen LogP contribution in [0.5, 0.6) is 0 Å². The second kappa shape index (κ2) is 6.51. The van der Waals surface area contributed by atoms with Crippen LogP contribution in [0.25, 0.3) is 10.9 Å². The molecule has 0 radical (unpaired) electrons. The highest BCUT2D eigenvalue weighted by Crippen LogP contribution is 2.25. The first-order valence-corrected chi connectivity index (χ1v) is 8.04. The average Bonchev–Trinajstić information content (AvgIpc) is 2.96. The number of rotatable bonds is 4. The number of aromatic nitrogens is 3. The number of aromatic amines is 1. The lowest BCUT2D eigenvalue weighted by Crippen LogP contribution is -2.18. The van der Waals surface area contributed by atoms with Crippen molar-refractivity contribution >= 4 is 16.9 Å². The summed E-state index contributed by atoms with van der Waals surface area (Å²) in [6.07, 6.45) is -0.723. The van der Waals surface area contributed by atoms with E-state index in [1.807, 2.05) is 13.8 Å². The van der Waals surface area contributed by atoms with Gasteiger partial charge in [-0.25, -0.2) is 9.78 Å². The number of carbonyl (C=O) groups is 1. The fraction of sp³-hybridized carbons (Fsp3) is 0.333. The molecule has 0 spiro atoms. The molecule has 130 valence electrons. The SMILES string of the molecule is Cc1noc(C(C)C)c1C(=O)O[C@H](C)c1nc2ccccc2c(=O)[nH]1. The number of para-hydroxylation sites is 1. The molecule has 0 saturated heterocycles. The Bertz CT molecular complexity index is 987. The Morgan fingerprint density at radius 3 is 2.68 bits per heavy atom. The van der Waals surface area contributed by atoms with Crippen LogP contribution in [0, 0.1) is 6.92 Å². The summed E-state index contributed by atoms with van der Waals surface area (Å²) in [6.45, 7) is 7.15. The van der Waals surface area contributed by atoms with Crippen LogP contribution in [0.4, 0.5) is 0 Å². The van der Waals surface area contributed by atoms with Gasteiger partial charge in [-0.2, -0.15) is 0 Å². The van der Waals surface area contributed by atoms with Crippen LogP contribution in [-0.2, 0) is 4.74 Å². The number of ether oxygens (including phenoxy) is 1. The van der Waals surface area contributed by atoms with Crippen molar-refractivity contribution in [1.29, 1.82) is 0 Å². The minimum Gasteiger partial charge on any atom is -0.451 e. The Balaban J connectivity index is 1.90. The van der Waals surface area contributed by atoms with E-state index in [9.17, 15) is 9.59 Å².